The quantitative estimate of drug-likeness (QED) is 0.685. The predicted octanol–water partition coefficient (Wildman–Crippen LogP) is 3.34. The van der Waals surface area contributed by atoms with Crippen molar-refractivity contribution in [2.45, 2.75) is 56.6 Å². The minimum absolute atomic E-state index is 0.0272. The van der Waals surface area contributed by atoms with Crippen molar-refractivity contribution in [1.29, 1.82) is 0 Å². The van der Waals surface area contributed by atoms with Crippen LogP contribution in [0.1, 0.15) is 45.1 Å². The minimum atomic E-state index is -4.76. The molecule has 180 valence electrons. The topological polar surface area (TPSA) is 69.7 Å². The third-order valence-corrected chi connectivity index (χ3v) is 8.15. The third kappa shape index (κ3) is 6.02. The molecule has 0 atom stereocenters. The first-order chi connectivity index (χ1) is 15.0. The van der Waals surface area contributed by atoms with E-state index in [0.29, 0.717) is 18.8 Å². The first-order valence-corrected chi connectivity index (χ1v) is 12.6. The van der Waals surface area contributed by atoms with E-state index in [2.05, 4.69) is 24.1 Å². The zero-order valence-corrected chi connectivity index (χ0v) is 19.4. The predicted molar refractivity (Wildman–Crippen MR) is 115 cm³/mol. The molecule has 0 saturated carbocycles. The summed E-state index contributed by atoms with van der Waals surface area (Å²) in [6, 6.07) is 4.34. The summed E-state index contributed by atoms with van der Waals surface area (Å²) in [5, 5.41) is 3.09. The molecule has 1 amide bonds. The monoisotopic (exact) mass is 475 g/mol. The second kappa shape index (κ2) is 10.1. The number of hydrogen-bond acceptors (Lipinski definition) is 4. The van der Waals surface area contributed by atoms with Crippen LogP contribution in [0.15, 0.2) is 29.2 Å². The zero-order chi connectivity index (χ0) is 23.5. The summed E-state index contributed by atoms with van der Waals surface area (Å²) in [5.41, 5.74) is -1.16. The highest BCUT2D eigenvalue weighted by Gasteiger charge is 2.40. The van der Waals surface area contributed by atoms with E-state index in [1.54, 1.807) is 0 Å². The lowest BCUT2D eigenvalue weighted by molar-refractivity contribution is -0.139. The Morgan fingerprint density at radius 1 is 1.06 bits per heavy atom. The summed E-state index contributed by atoms with van der Waals surface area (Å²) in [7, 11) is -4.29. The lowest BCUT2D eigenvalue weighted by atomic mass is 9.95. The number of carbonyl (C=O) groups excluding carboxylic acids is 1. The van der Waals surface area contributed by atoms with Gasteiger partial charge in [-0.05, 0) is 43.7 Å². The molecular weight excluding hydrogens is 443 g/mol. The number of piperidine rings is 2. The van der Waals surface area contributed by atoms with Crippen LogP contribution >= 0.6 is 0 Å². The van der Waals surface area contributed by atoms with Crippen LogP contribution in [-0.4, -0.2) is 62.3 Å². The van der Waals surface area contributed by atoms with Gasteiger partial charge in [0.1, 0.15) is 0 Å². The molecule has 1 aromatic rings. The normalized spacial score (nSPS) is 20.6. The highest BCUT2D eigenvalue weighted by molar-refractivity contribution is 7.89. The Morgan fingerprint density at radius 3 is 2.22 bits per heavy atom. The van der Waals surface area contributed by atoms with E-state index in [1.807, 2.05) is 0 Å². The van der Waals surface area contributed by atoms with Crippen LogP contribution < -0.4 is 5.32 Å². The van der Waals surface area contributed by atoms with E-state index in [0.717, 1.165) is 48.9 Å². The second-order valence-electron chi connectivity index (χ2n) is 9.15. The van der Waals surface area contributed by atoms with Gasteiger partial charge in [-0.25, -0.2) is 8.42 Å². The van der Waals surface area contributed by atoms with Crippen molar-refractivity contribution < 1.29 is 26.4 Å². The van der Waals surface area contributed by atoms with E-state index in [4.69, 9.17) is 0 Å². The number of carbonyl (C=O) groups is 1. The van der Waals surface area contributed by atoms with Gasteiger partial charge in [0.05, 0.1) is 10.5 Å². The fourth-order valence-corrected chi connectivity index (χ4v) is 6.20. The Bertz CT molecular complexity index is 889. The lowest BCUT2D eigenvalue weighted by Gasteiger charge is -2.35. The van der Waals surface area contributed by atoms with Gasteiger partial charge in [0.2, 0.25) is 15.9 Å². The zero-order valence-electron chi connectivity index (χ0n) is 18.6. The van der Waals surface area contributed by atoms with Crippen LogP contribution in [0.5, 0.6) is 0 Å². The fraction of sp³-hybridized carbons (Fsp3) is 0.682. The van der Waals surface area contributed by atoms with Gasteiger partial charge in [-0.3, -0.25) is 4.79 Å². The van der Waals surface area contributed by atoms with Gasteiger partial charge in [-0.2, -0.15) is 17.5 Å². The molecule has 6 nitrogen and oxygen atoms in total. The number of nitrogens with zero attached hydrogens (tertiary/aromatic N) is 2. The number of sulfonamides is 1. The van der Waals surface area contributed by atoms with Crippen LogP contribution in [0.2, 0.25) is 0 Å². The van der Waals surface area contributed by atoms with Gasteiger partial charge in [0.15, 0.2) is 0 Å². The van der Waals surface area contributed by atoms with Gasteiger partial charge in [-0.15, -0.1) is 0 Å². The molecular formula is C22H32F3N3O3S. The van der Waals surface area contributed by atoms with E-state index >= 15 is 0 Å². The average Bonchev–Trinajstić information content (AvgIpc) is 2.74. The van der Waals surface area contributed by atoms with E-state index < -0.39 is 26.7 Å². The van der Waals surface area contributed by atoms with Crippen LogP contribution in [0.25, 0.3) is 0 Å². The third-order valence-electron chi connectivity index (χ3n) is 6.19. The van der Waals surface area contributed by atoms with Gasteiger partial charge >= 0.3 is 6.18 Å². The summed E-state index contributed by atoms with van der Waals surface area (Å²) < 4.78 is 66.7. The molecule has 2 saturated heterocycles. The molecule has 2 aliphatic rings. The molecule has 0 aliphatic carbocycles. The summed E-state index contributed by atoms with van der Waals surface area (Å²) >= 11 is 0. The minimum Gasteiger partial charge on any atom is -0.353 e. The fourth-order valence-electron chi connectivity index (χ4n) is 4.52. The van der Waals surface area contributed by atoms with Crippen LogP contribution in [0, 0.1) is 11.8 Å². The molecule has 1 N–H and O–H groups in total. The molecule has 10 heteroatoms. The molecule has 2 heterocycles. The number of halogens is 3. The SMILES string of the molecule is CC(C)CN1CCC(NC(=O)C2CCN(S(=O)(=O)c3ccccc3C(F)(F)F)CC2)CC1. The van der Waals surface area contributed by atoms with Crippen molar-refractivity contribution in [3.63, 3.8) is 0 Å². The highest BCUT2D eigenvalue weighted by atomic mass is 32.2. The summed E-state index contributed by atoms with van der Waals surface area (Å²) in [6.07, 6.45) is -2.39. The van der Waals surface area contributed by atoms with Crippen molar-refractivity contribution >= 4 is 15.9 Å². The number of rotatable bonds is 6. The highest BCUT2D eigenvalue weighted by Crippen LogP contribution is 2.36. The number of alkyl halides is 3. The first-order valence-electron chi connectivity index (χ1n) is 11.2. The van der Waals surface area contributed by atoms with E-state index in [-0.39, 0.29) is 31.0 Å². The van der Waals surface area contributed by atoms with E-state index in [9.17, 15) is 26.4 Å². The van der Waals surface area contributed by atoms with Crippen molar-refractivity contribution in [2.24, 2.45) is 11.8 Å². The van der Waals surface area contributed by atoms with Crippen molar-refractivity contribution in [1.82, 2.24) is 14.5 Å². The van der Waals surface area contributed by atoms with Crippen molar-refractivity contribution in [3.8, 4) is 0 Å². The first kappa shape index (κ1) is 25.0. The lowest BCUT2D eigenvalue weighted by Crippen LogP contribution is -2.49. The van der Waals surface area contributed by atoms with E-state index in [1.165, 1.54) is 12.1 Å². The Kier molecular flexibility index (Phi) is 7.88. The summed E-state index contributed by atoms with van der Waals surface area (Å²) in [5.74, 6) is 0.193. The molecule has 2 aliphatic heterocycles. The Balaban J connectivity index is 1.55. The average molecular weight is 476 g/mol. The smallest absolute Gasteiger partial charge is 0.353 e. The number of benzene rings is 1. The van der Waals surface area contributed by atoms with Crippen molar-refractivity contribution in [2.75, 3.05) is 32.7 Å². The van der Waals surface area contributed by atoms with Crippen LogP contribution in [-0.2, 0) is 21.0 Å². The van der Waals surface area contributed by atoms with Crippen LogP contribution in [0.4, 0.5) is 13.2 Å². The van der Waals surface area contributed by atoms with Crippen molar-refractivity contribution in [3.05, 3.63) is 29.8 Å². The molecule has 32 heavy (non-hydrogen) atoms. The maximum Gasteiger partial charge on any atom is 0.417 e. The number of likely N-dealkylation sites (tertiary alicyclic amines) is 1. The summed E-state index contributed by atoms with van der Waals surface area (Å²) in [6.45, 7) is 7.35. The molecule has 0 unspecified atom stereocenters. The Labute approximate surface area is 188 Å². The summed E-state index contributed by atoms with van der Waals surface area (Å²) in [4.78, 5) is 14.4. The molecule has 1 aromatic carbocycles. The van der Waals surface area contributed by atoms with Gasteiger partial charge < -0.3 is 10.2 Å². The van der Waals surface area contributed by atoms with Crippen LogP contribution in [0.3, 0.4) is 0 Å². The number of nitrogens with one attached hydrogen (secondary N) is 1. The second-order valence-corrected chi connectivity index (χ2v) is 11.1. The number of amides is 1. The van der Waals surface area contributed by atoms with Gasteiger partial charge in [0.25, 0.3) is 0 Å². The largest absolute Gasteiger partial charge is 0.417 e. The van der Waals surface area contributed by atoms with Gasteiger partial charge in [0, 0.05) is 44.7 Å². The standard InChI is InChI=1S/C22H32F3N3O3S/c1-16(2)15-27-11-9-18(10-12-27)26-21(29)17-7-13-28(14-8-17)32(30,31)20-6-4-3-5-19(20)22(23,24)25/h3-6,16-18H,7-15H2,1-2H3,(H,26,29). The Morgan fingerprint density at radius 2 is 1.66 bits per heavy atom. The maximum absolute atomic E-state index is 13.3. The molecule has 0 radical (unpaired) electrons. The molecule has 3 rings (SSSR count). The molecule has 0 bridgehead atoms. The molecule has 0 aromatic heterocycles. The Hall–Kier alpha value is -1.65. The molecule has 0 spiro atoms. The molecule has 2 fully saturated rings. The number of hydrogen-bond donors (Lipinski definition) is 1. The maximum atomic E-state index is 13.3. The van der Waals surface area contributed by atoms with Gasteiger partial charge in [-0.1, -0.05) is 26.0 Å².